The molecule has 2 heterocycles. The van der Waals surface area contributed by atoms with Gasteiger partial charge < -0.3 is 10.3 Å². The van der Waals surface area contributed by atoms with E-state index in [0.29, 0.717) is 10.6 Å². The van der Waals surface area contributed by atoms with Gasteiger partial charge in [0.2, 0.25) is 0 Å². The lowest BCUT2D eigenvalue weighted by Gasteiger charge is -2.24. The number of hydrogen-bond acceptors (Lipinski definition) is 4. The van der Waals surface area contributed by atoms with E-state index >= 15 is 0 Å². The highest BCUT2D eigenvalue weighted by Gasteiger charge is 2.30. The third-order valence-corrected chi connectivity index (χ3v) is 8.91. The number of H-pyrrole nitrogens is 1. The highest BCUT2D eigenvalue weighted by Crippen LogP contribution is 2.37. The maximum Gasteiger partial charge on any atom is 0.193 e. The number of nitrogens with one attached hydrogen (secondary N) is 2. The van der Waals surface area contributed by atoms with E-state index < -0.39 is 17.9 Å². The molecule has 5 nitrogen and oxygen atoms in total. The minimum absolute atomic E-state index is 0.193. The first kappa shape index (κ1) is 19.1. The van der Waals surface area contributed by atoms with Crippen molar-refractivity contribution in [3.8, 4) is 6.07 Å². The number of hydrogen-bond donors (Lipinski definition) is 2. The van der Waals surface area contributed by atoms with Crippen molar-refractivity contribution in [1.82, 2.24) is 10.3 Å². The fourth-order valence-corrected chi connectivity index (χ4v) is 8.17. The minimum atomic E-state index is -3.38. The minimum Gasteiger partial charge on any atom is -0.345 e. The maximum atomic E-state index is 13.2. The summed E-state index contributed by atoms with van der Waals surface area (Å²) >= 11 is 0. The van der Waals surface area contributed by atoms with Crippen molar-refractivity contribution in [1.29, 1.82) is 5.26 Å². The van der Waals surface area contributed by atoms with E-state index in [-0.39, 0.29) is 11.7 Å². The van der Waals surface area contributed by atoms with Gasteiger partial charge in [0.05, 0.1) is 17.4 Å². The van der Waals surface area contributed by atoms with Crippen LogP contribution >= 0.6 is 0 Å². The normalized spacial score (nSPS) is 16.7. The summed E-state index contributed by atoms with van der Waals surface area (Å²) in [6, 6.07) is 8.32. The van der Waals surface area contributed by atoms with Crippen molar-refractivity contribution in [2.45, 2.75) is 49.5 Å². The van der Waals surface area contributed by atoms with Crippen LogP contribution in [0.5, 0.6) is 0 Å². The lowest BCUT2D eigenvalue weighted by Crippen LogP contribution is -2.28. The molecule has 140 valence electrons. The van der Waals surface area contributed by atoms with Crippen molar-refractivity contribution in [2.75, 3.05) is 18.8 Å². The Morgan fingerprint density at radius 2 is 1.92 bits per heavy atom. The van der Waals surface area contributed by atoms with Crippen molar-refractivity contribution in [3.05, 3.63) is 29.3 Å². The van der Waals surface area contributed by atoms with Crippen LogP contribution in [-0.2, 0) is 9.84 Å². The van der Waals surface area contributed by atoms with Crippen LogP contribution in [0.3, 0.4) is 0 Å². The van der Waals surface area contributed by atoms with E-state index in [1.165, 1.54) is 0 Å². The van der Waals surface area contributed by atoms with Gasteiger partial charge in [-0.25, -0.2) is 8.42 Å². The summed E-state index contributed by atoms with van der Waals surface area (Å²) in [5.74, 6) is 0.397. The second kappa shape index (κ2) is 7.18. The summed E-state index contributed by atoms with van der Waals surface area (Å²) in [6.07, 6.45) is 1.83. The zero-order valence-corrected chi connectivity index (χ0v) is 17.5. The lowest BCUT2D eigenvalue weighted by atomic mass is 9.89. The Balaban J connectivity index is 2.13. The molecule has 0 atom stereocenters. The molecule has 1 aliphatic rings. The van der Waals surface area contributed by atoms with Crippen molar-refractivity contribution in [2.24, 2.45) is 0 Å². The third-order valence-electron chi connectivity index (χ3n) is 5.11. The summed E-state index contributed by atoms with van der Waals surface area (Å²) < 4.78 is 26.4. The second-order valence-corrected chi connectivity index (χ2v) is 16.1. The first-order valence-electron chi connectivity index (χ1n) is 9.20. The molecule has 1 aromatic carbocycles. The second-order valence-electron chi connectivity index (χ2n) is 8.39. The Morgan fingerprint density at radius 3 is 2.54 bits per heavy atom. The van der Waals surface area contributed by atoms with Crippen LogP contribution in [0.1, 0.15) is 29.9 Å². The van der Waals surface area contributed by atoms with Gasteiger partial charge in [0.1, 0.15) is 5.03 Å². The van der Waals surface area contributed by atoms with Gasteiger partial charge in [0.25, 0.3) is 0 Å². The smallest absolute Gasteiger partial charge is 0.193 e. The number of nitrogens with zero attached hydrogens (tertiary/aromatic N) is 1. The van der Waals surface area contributed by atoms with Gasteiger partial charge in [-0.3, -0.25) is 0 Å². The van der Waals surface area contributed by atoms with E-state index in [4.69, 9.17) is 0 Å². The lowest BCUT2D eigenvalue weighted by molar-refractivity contribution is 0.456. The summed E-state index contributed by atoms with van der Waals surface area (Å²) in [6.45, 7) is 8.37. The topological polar surface area (TPSA) is 85.8 Å². The number of nitriles is 1. The Morgan fingerprint density at radius 1 is 1.23 bits per heavy atom. The molecule has 0 amide bonds. The van der Waals surface area contributed by atoms with Crippen LogP contribution in [-0.4, -0.2) is 40.3 Å². The predicted molar refractivity (Wildman–Crippen MR) is 108 cm³/mol. The zero-order chi connectivity index (χ0) is 18.9. The van der Waals surface area contributed by atoms with Crippen LogP contribution in [0.15, 0.2) is 23.2 Å². The quantitative estimate of drug-likeness (QED) is 0.765. The Labute approximate surface area is 156 Å². The molecule has 0 spiro atoms. The van der Waals surface area contributed by atoms with Gasteiger partial charge in [0.15, 0.2) is 9.84 Å². The molecule has 1 saturated heterocycles. The first-order valence-corrected chi connectivity index (χ1v) is 14.6. The SMILES string of the molecule is C[Si](C)(C)CCS(=O)(=O)c1[nH]c2ccc(C#N)cc2c1C1CCNCC1. The molecule has 1 aromatic heterocycles. The Hall–Kier alpha value is -1.62. The number of fused-ring (bicyclic) bond motifs is 1. The monoisotopic (exact) mass is 389 g/mol. The van der Waals surface area contributed by atoms with E-state index in [2.05, 4.69) is 36.0 Å². The summed E-state index contributed by atoms with van der Waals surface area (Å²) in [5.41, 5.74) is 2.27. The molecule has 2 aromatic rings. The Bertz CT molecular complexity index is 946. The average molecular weight is 390 g/mol. The van der Waals surface area contributed by atoms with Gasteiger partial charge in [-0.05, 0) is 61.7 Å². The van der Waals surface area contributed by atoms with Crippen LogP contribution in [0.4, 0.5) is 0 Å². The summed E-state index contributed by atoms with van der Waals surface area (Å²) in [5, 5.41) is 13.9. The number of piperidine rings is 1. The largest absolute Gasteiger partial charge is 0.345 e. The van der Waals surface area contributed by atoms with Crippen molar-refractivity contribution >= 4 is 28.8 Å². The maximum absolute atomic E-state index is 13.2. The molecule has 2 N–H and O–H groups in total. The van der Waals surface area contributed by atoms with Crippen LogP contribution in [0, 0.1) is 11.3 Å². The van der Waals surface area contributed by atoms with Crippen molar-refractivity contribution < 1.29 is 8.42 Å². The molecule has 0 aliphatic carbocycles. The van der Waals surface area contributed by atoms with Gasteiger partial charge in [0, 0.05) is 19.0 Å². The Kier molecular flexibility index (Phi) is 5.29. The molecule has 0 saturated carbocycles. The van der Waals surface area contributed by atoms with Crippen LogP contribution in [0.2, 0.25) is 25.7 Å². The molecule has 0 bridgehead atoms. The number of sulfone groups is 1. The number of rotatable bonds is 5. The highest BCUT2D eigenvalue weighted by atomic mass is 32.2. The van der Waals surface area contributed by atoms with E-state index in [9.17, 15) is 13.7 Å². The molecule has 1 fully saturated rings. The summed E-state index contributed by atoms with van der Waals surface area (Å²) in [7, 11) is -4.84. The molecule has 0 radical (unpaired) electrons. The van der Waals surface area contributed by atoms with E-state index in [1.54, 1.807) is 6.07 Å². The number of benzene rings is 1. The van der Waals surface area contributed by atoms with E-state index in [0.717, 1.165) is 48.4 Å². The fourth-order valence-electron chi connectivity index (χ4n) is 3.56. The molecule has 1 aliphatic heterocycles. The first-order chi connectivity index (χ1) is 12.2. The molecule has 7 heteroatoms. The molecule has 26 heavy (non-hydrogen) atoms. The number of aromatic amines is 1. The standard InChI is InChI=1S/C19H27N3O2SSi/c1-26(2,3)11-10-25(23,24)19-18(15-6-8-21-9-7-15)16-12-14(13-20)4-5-17(16)22-19/h4-5,12,15,21-22H,6-11H2,1-3H3. The van der Waals surface area contributed by atoms with Gasteiger partial charge in [-0.15, -0.1) is 0 Å². The summed E-state index contributed by atoms with van der Waals surface area (Å²) in [4.78, 5) is 3.19. The highest BCUT2D eigenvalue weighted by molar-refractivity contribution is 7.91. The van der Waals surface area contributed by atoms with Crippen LogP contribution < -0.4 is 5.32 Å². The number of aromatic nitrogens is 1. The molecule has 3 rings (SSSR count). The van der Waals surface area contributed by atoms with Crippen molar-refractivity contribution in [3.63, 3.8) is 0 Å². The predicted octanol–water partition coefficient (Wildman–Crippen LogP) is 3.62. The van der Waals surface area contributed by atoms with E-state index in [1.807, 2.05) is 12.1 Å². The molecular formula is C19H27N3O2SSi. The fraction of sp³-hybridized carbons (Fsp3) is 0.526. The van der Waals surface area contributed by atoms with Gasteiger partial charge in [-0.2, -0.15) is 5.26 Å². The average Bonchev–Trinajstić information content (AvgIpc) is 2.99. The zero-order valence-electron chi connectivity index (χ0n) is 15.7. The molecular weight excluding hydrogens is 362 g/mol. The third kappa shape index (κ3) is 4.03. The molecule has 0 unspecified atom stereocenters. The van der Waals surface area contributed by atoms with Gasteiger partial charge in [-0.1, -0.05) is 19.6 Å². The van der Waals surface area contributed by atoms with Gasteiger partial charge >= 0.3 is 0 Å². The van der Waals surface area contributed by atoms with Crippen LogP contribution in [0.25, 0.3) is 10.9 Å².